The zero-order valence-electron chi connectivity index (χ0n) is 24.3. The van der Waals surface area contributed by atoms with E-state index in [9.17, 15) is 27.2 Å². The minimum atomic E-state index is -4.89. The standard InChI is InChI=1S/C30H36F4N6O3/c1-4-22-19-39(28(42)23-9-8-21(31)17-24(23)30(32,33)34)15-16-40(22)25-10-11-29(43-5-2,20-7-6-12-36-18-20)38-26(25)27(41)37-14-13-35-3/h6-12,17-18,22,35,38H,4-5,13-16,19H2,1-3H3,(H,37,41)/t22-,29?/m1/s1. The molecule has 0 spiro atoms. The Morgan fingerprint density at radius 1 is 1.19 bits per heavy atom. The van der Waals surface area contributed by atoms with Crippen LogP contribution in [-0.2, 0) is 21.4 Å². The number of amides is 2. The fourth-order valence-corrected chi connectivity index (χ4v) is 5.33. The van der Waals surface area contributed by atoms with E-state index in [2.05, 4.69) is 20.9 Å². The molecule has 2 amide bonds. The number of alkyl halides is 3. The van der Waals surface area contributed by atoms with Gasteiger partial charge in [-0.05, 0) is 56.8 Å². The molecule has 2 aliphatic heterocycles. The van der Waals surface area contributed by atoms with Gasteiger partial charge in [0.05, 0.1) is 16.8 Å². The Hall–Kier alpha value is -3.97. The number of pyridine rings is 1. The van der Waals surface area contributed by atoms with Gasteiger partial charge in [0.2, 0.25) is 0 Å². The first kappa shape index (κ1) is 32.0. The van der Waals surface area contributed by atoms with Gasteiger partial charge in [0.15, 0.2) is 5.72 Å². The summed E-state index contributed by atoms with van der Waals surface area (Å²) in [6.07, 6.45) is 2.54. The number of halogens is 4. The predicted molar refractivity (Wildman–Crippen MR) is 152 cm³/mol. The summed E-state index contributed by atoms with van der Waals surface area (Å²) >= 11 is 0. The fourth-order valence-electron chi connectivity index (χ4n) is 5.33. The topological polar surface area (TPSA) is 98.8 Å². The molecule has 1 saturated heterocycles. The Kier molecular flexibility index (Phi) is 10.1. The van der Waals surface area contributed by atoms with Crippen molar-refractivity contribution in [2.75, 3.05) is 46.4 Å². The number of carbonyl (C=O) groups excluding carboxylic acids is 2. The number of likely N-dealkylation sites (N-methyl/N-ethyl adjacent to an activating group) is 1. The van der Waals surface area contributed by atoms with E-state index in [1.54, 1.807) is 31.6 Å². The van der Waals surface area contributed by atoms with Gasteiger partial charge in [0, 0.05) is 63.3 Å². The first-order valence-corrected chi connectivity index (χ1v) is 14.2. The molecule has 4 rings (SSSR count). The van der Waals surface area contributed by atoms with Gasteiger partial charge in [-0.1, -0.05) is 13.0 Å². The van der Waals surface area contributed by atoms with Crippen LogP contribution in [0.25, 0.3) is 0 Å². The average Bonchev–Trinajstić information content (AvgIpc) is 3.00. The highest BCUT2D eigenvalue weighted by Gasteiger charge is 2.41. The van der Waals surface area contributed by atoms with E-state index in [-0.39, 0.29) is 37.3 Å². The van der Waals surface area contributed by atoms with Gasteiger partial charge in [0.25, 0.3) is 11.8 Å². The van der Waals surface area contributed by atoms with Crippen molar-refractivity contribution in [3.05, 3.63) is 88.8 Å². The minimum absolute atomic E-state index is 0.0925. The Bertz CT molecular complexity index is 1370. The van der Waals surface area contributed by atoms with E-state index >= 15 is 0 Å². The summed E-state index contributed by atoms with van der Waals surface area (Å²) in [7, 11) is 1.77. The molecule has 1 aromatic heterocycles. The maximum Gasteiger partial charge on any atom is 0.417 e. The number of ether oxygens (including phenoxy) is 1. The number of aromatic nitrogens is 1. The maximum atomic E-state index is 13.7. The van der Waals surface area contributed by atoms with E-state index in [0.717, 1.165) is 12.1 Å². The predicted octanol–water partition coefficient (Wildman–Crippen LogP) is 3.37. The van der Waals surface area contributed by atoms with Gasteiger partial charge < -0.3 is 30.5 Å². The second kappa shape index (κ2) is 13.6. The number of carbonyl (C=O) groups is 2. The molecule has 0 saturated carbocycles. The quantitative estimate of drug-likeness (QED) is 0.283. The lowest BCUT2D eigenvalue weighted by Gasteiger charge is -2.46. The summed E-state index contributed by atoms with van der Waals surface area (Å²) in [5, 5.41) is 9.20. The molecular formula is C30H36F4N6O3. The molecular weight excluding hydrogens is 568 g/mol. The molecule has 0 aliphatic carbocycles. The number of dihydropyridines is 1. The van der Waals surface area contributed by atoms with Crippen molar-refractivity contribution in [2.24, 2.45) is 0 Å². The number of benzene rings is 1. The lowest BCUT2D eigenvalue weighted by atomic mass is 9.97. The number of nitrogens with zero attached hydrogens (tertiary/aromatic N) is 3. The van der Waals surface area contributed by atoms with Gasteiger partial charge in [-0.2, -0.15) is 13.2 Å². The van der Waals surface area contributed by atoms with Gasteiger partial charge in [-0.15, -0.1) is 0 Å². The van der Waals surface area contributed by atoms with E-state index in [1.165, 1.54) is 4.90 Å². The molecule has 3 heterocycles. The van der Waals surface area contributed by atoms with Crippen LogP contribution in [0.1, 0.15) is 41.8 Å². The minimum Gasteiger partial charge on any atom is -0.363 e. The number of allylic oxidation sites excluding steroid dienone is 1. The van der Waals surface area contributed by atoms with Gasteiger partial charge in [0.1, 0.15) is 11.5 Å². The van der Waals surface area contributed by atoms with Crippen molar-refractivity contribution in [3.63, 3.8) is 0 Å². The molecule has 2 atom stereocenters. The summed E-state index contributed by atoms with van der Waals surface area (Å²) < 4.78 is 60.8. The Morgan fingerprint density at radius 3 is 2.63 bits per heavy atom. The second-order valence-corrected chi connectivity index (χ2v) is 10.2. The van der Waals surface area contributed by atoms with Crippen molar-refractivity contribution in [2.45, 2.75) is 38.2 Å². The Balaban J connectivity index is 1.66. The van der Waals surface area contributed by atoms with Crippen LogP contribution in [0.3, 0.4) is 0 Å². The molecule has 0 radical (unpaired) electrons. The molecule has 1 aromatic carbocycles. The Morgan fingerprint density at radius 2 is 1.98 bits per heavy atom. The molecule has 9 nitrogen and oxygen atoms in total. The first-order chi connectivity index (χ1) is 20.5. The summed E-state index contributed by atoms with van der Waals surface area (Å²) in [6, 6.07) is 5.36. The molecule has 13 heteroatoms. The smallest absolute Gasteiger partial charge is 0.363 e. The monoisotopic (exact) mass is 604 g/mol. The molecule has 43 heavy (non-hydrogen) atoms. The third-order valence-corrected chi connectivity index (χ3v) is 7.46. The number of hydrogen-bond donors (Lipinski definition) is 3. The number of rotatable bonds is 10. The summed E-state index contributed by atoms with van der Waals surface area (Å²) in [4.78, 5) is 34.4. The third-order valence-electron chi connectivity index (χ3n) is 7.46. The van der Waals surface area contributed by atoms with Crippen LogP contribution in [-0.4, -0.2) is 79.0 Å². The number of nitrogens with one attached hydrogen (secondary N) is 3. The number of piperazine rings is 1. The van der Waals surface area contributed by atoms with E-state index in [4.69, 9.17) is 4.74 Å². The summed E-state index contributed by atoms with van der Waals surface area (Å²) in [5.41, 5.74) is -1.56. The Labute approximate surface area is 248 Å². The van der Waals surface area contributed by atoms with Crippen LogP contribution in [0.5, 0.6) is 0 Å². The van der Waals surface area contributed by atoms with Crippen LogP contribution in [0, 0.1) is 5.82 Å². The molecule has 2 aromatic rings. The summed E-state index contributed by atoms with van der Waals surface area (Å²) in [5.74, 6) is -2.26. The molecule has 2 aliphatic rings. The van der Waals surface area contributed by atoms with Crippen molar-refractivity contribution >= 4 is 11.8 Å². The van der Waals surface area contributed by atoms with Gasteiger partial charge >= 0.3 is 6.18 Å². The van der Waals surface area contributed by atoms with Crippen LogP contribution >= 0.6 is 0 Å². The van der Waals surface area contributed by atoms with Gasteiger partial charge in [-0.25, -0.2) is 4.39 Å². The fraction of sp³-hybridized carbons (Fsp3) is 0.433. The van der Waals surface area contributed by atoms with E-state index in [1.807, 2.05) is 30.9 Å². The van der Waals surface area contributed by atoms with Crippen LogP contribution in [0.15, 0.2) is 66.3 Å². The highest BCUT2D eigenvalue weighted by Crippen LogP contribution is 2.35. The zero-order chi connectivity index (χ0) is 31.2. The summed E-state index contributed by atoms with van der Waals surface area (Å²) in [6.45, 7) is 5.43. The van der Waals surface area contributed by atoms with Crippen molar-refractivity contribution in [3.8, 4) is 0 Å². The normalized spacial score (nSPS) is 20.7. The second-order valence-electron chi connectivity index (χ2n) is 10.2. The van der Waals surface area contributed by atoms with Crippen LogP contribution in [0.4, 0.5) is 17.6 Å². The molecule has 232 valence electrons. The lowest BCUT2D eigenvalue weighted by Crippen LogP contribution is -2.56. The molecule has 3 N–H and O–H groups in total. The largest absolute Gasteiger partial charge is 0.417 e. The average molecular weight is 605 g/mol. The zero-order valence-corrected chi connectivity index (χ0v) is 24.3. The highest BCUT2D eigenvalue weighted by molar-refractivity contribution is 5.96. The maximum absolute atomic E-state index is 13.7. The highest BCUT2D eigenvalue weighted by atomic mass is 19.4. The number of hydrogen-bond acceptors (Lipinski definition) is 7. The van der Waals surface area contributed by atoms with Crippen molar-refractivity contribution < 1.29 is 31.9 Å². The van der Waals surface area contributed by atoms with Crippen molar-refractivity contribution in [1.29, 1.82) is 0 Å². The third kappa shape index (κ3) is 6.99. The molecule has 0 bridgehead atoms. The van der Waals surface area contributed by atoms with Crippen molar-refractivity contribution in [1.82, 2.24) is 30.7 Å². The lowest BCUT2D eigenvalue weighted by molar-refractivity contribution is -0.138. The SMILES string of the molecule is CCOC1(c2cccnc2)C=CC(N2CCN(C(=O)c3ccc(F)cc3C(F)(F)F)C[C@H]2CC)=C(C(=O)NCCNC)N1. The molecule has 1 fully saturated rings. The van der Waals surface area contributed by atoms with Gasteiger partial charge in [-0.3, -0.25) is 14.6 Å². The van der Waals surface area contributed by atoms with Crippen LogP contribution in [0.2, 0.25) is 0 Å². The molecule has 1 unspecified atom stereocenters. The first-order valence-electron chi connectivity index (χ1n) is 14.2. The van der Waals surface area contributed by atoms with E-state index < -0.39 is 34.8 Å². The van der Waals surface area contributed by atoms with Crippen LogP contribution < -0.4 is 16.0 Å². The van der Waals surface area contributed by atoms with E-state index in [0.29, 0.717) is 43.4 Å².